The summed E-state index contributed by atoms with van der Waals surface area (Å²) in [6.45, 7) is 1.90. The Morgan fingerprint density at radius 1 is 1.47 bits per heavy atom. The van der Waals surface area contributed by atoms with Crippen molar-refractivity contribution in [2.24, 2.45) is 0 Å². The van der Waals surface area contributed by atoms with Crippen LogP contribution in [0.25, 0.3) is 0 Å². The maximum absolute atomic E-state index is 13.4. The summed E-state index contributed by atoms with van der Waals surface area (Å²) in [4.78, 5) is 11.3. The highest BCUT2D eigenvalue weighted by atomic mass is 19.3. The predicted molar refractivity (Wildman–Crippen MR) is 55.7 cm³/mol. The van der Waals surface area contributed by atoms with Gasteiger partial charge in [-0.25, -0.2) is 8.78 Å². The average molecular weight is 249 g/mol. The quantitative estimate of drug-likeness (QED) is 0.727. The van der Waals surface area contributed by atoms with Crippen LogP contribution in [0, 0.1) is 0 Å². The molecule has 2 aliphatic heterocycles. The molecule has 4 nitrogen and oxygen atoms in total. The molecule has 98 valence electrons. The maximum atomic E-state index is 13.4. The van der Waals surface area contributed by atoms with Gasteiger partial charge in [0.1, 0.15) is 0 Å². The lowest BCUT2D eigenvalue weighted by molar-refractivity contribution is -0.151. The molecule has 17 heavy (non-hydrogen) atoms. The van der Waals surface area contributed by atoms with Crippen LogP contribution in [-0.2, 0) is 9.53 Å². The van der Waals surface area contributed by atoms with E-state index in [1.807, 2.05) is 0 Å². The van der Waals surface area contributed by atoms with Crippen molar-refractivity contribution < 1.29 is 23.4 Å². The summed E-state index contributed by atoms with van der Waals surface area (Å²) < 4.78 is 31.6. The Kier molecular flexibility index (Phi) is 3.12. The molecule has 3 unspecified atom stereocenters. The molecule has 2 aliphatic rings. The van der Waals surface area contributed by atoms with E-state index >= 15 is 0 Å². The van der Waals surface area contributed by atoms with Crippen LogP contribution in [0.2, 0.25) is 0 Å². The number of esters is 1. The molecule has 0 amide bonds. The third-order valence-corrected chi connectivity index (χ3v) is 3.45. The third kappa shape index (κ3) is 2.57. The van der Waals surface area contributed by atoms with Gasteiger partial charge in [0.2, 0.25) is 0 Å². The van der Waals surface area contributed by atoms with Crippen molar-refractivity contribution in [3.63, 3.8) is 0 Å². The Bertz CT molecular complexity index is 324. The van der Waals surface area contributed by atoms with Gasteiger partial charge in [0.15, 0.2) is 0 Å². The highest BCUT2D eigenvalue weighted by Gasteiger charge is 2.56. The zero-order valence-electron chi connectivity index (χ0n) is 9.71. The molecule has 0 aromatic carbocycles. The summed E-state index contributed by atoms with van der Waals surface area (Å²) in [5.41, 5.74) is -1.35. The van der Waals surface area contributed by atoms with Crippen molar-refractivity contribution in [3.8, 4) is 0 Å². The number of alkyl halides is 2. The number of hydrogen-bond donors (Lipinski definition) is 2. The van der Waals surface area contributed by atoms with Crippen LogP contribution in [0.5, 0.6) is 0 Å². The van der Waals surface area contributed by atoms with E-state index < -0.39 is 29.6 Å². The van der Waals surface area contributed by atoms with Gasteiger partial charge >= 0.3 is 5.97 Å². The van der Waals surface area contributed by atoms with Gasteiger partial charge in [-0.1, -0.05) is 0 Å². The second-order valence-electron chi connectivity index (χ2n) is 5.00. The fourth-order valence-corrected chi connectivity index (χ4v) is 2.82. The zero-order chi connectivity index (χ0) is 12.7. The number of ether oxygens (including phenoxy) is 1. The number of nitrogens with one attached hydrogen (secondary N) is 1. The first-order valence-corrected chi connectivity index (χ1v) is 5.86. The number of aliphatic hydroxyl groups is 1. The van der Waals surface area contributed by atoms with Crippen molar-refractivity contribution in [3.05, 3.63) is 0 Å². The third-order valence-electron chi connectivity index (χ3n) is 3.45. The molecule has 0 aromatic heterocycles. The van der Waals surface area contributed by atoms with Crippen molar-refractivity contribution in [1.29, 1.82) is 0 Å². The summed E-state index contributed by atoms with van der Waals surface area (Å²) in [7, 11) is 0. The number of halogens is 2. The Labute approximate surface area is 98.3 Å². The largest absolute Gasteiger partial charge is 0.466 e. The Morgan fingerprint density at radius 2 is 2.18 bits per heavy atom. The van der Waals surface area contributed by atoms with E-state index in [0.29, 0.717) is 0 Å². The van der Waals surface area contributed by atoms with Gasteiger partial charge in [-0.05, 0) is 19.8 Å². The molecule has 0 spiro atoms. The molecule has 6 heteroatoms. The molecule has 0 radical (unpaired) electrons. The molecule has 2 bridgehead atoms. The van der Waals surface area contributed by atoms with Crippen LogP contribution in [0.3, 0.4) is 0 Å². The number of carbonyl (C=O) groups excluding carboxylic acids is 1. The first-order chi connectivity index (χ1) is 7.85. The molecular formula is C11H17F2NO3. The summed E-state index contributed by atoms with van der Waals surface area (Å²) >= 11 is 0. The Hall–Kier alpha value is -0.750. The van der Waals surface area contributed by atoms with Crippen LogP contribution in [-0.4, -0.2) is 41.3 Å². The van der Waals surface area contributed by atoms with E-state index in [4.69, 9.17) is 4.74 Å². The van der Waals surface area contributed by atoms with Crippen LogP contribution >= 0.6 is 0 Å². The van der Waals surface area contributed by atoms with Gasteiger partial charge in [-0.15, -0.1) is 0 Å². The fraction of sp³-hybridized carbons (Fsp3) is 0.909. The molecule has 3 atom stereocenters. The lowest BCUT2D eigenvalue weighted by atomic mass is 9.84. The predicted octanol–water partition coefficient (Wildman–Crippen LogP) is 0.830. The van der Waals surface area contributed by atoms with Crippen molar-refractivity contribution in [1.82, 2.24) is 5.32 Å². The number of hydrogen-bond acceptors (Lipinski definition) is 4. The SMILES string of the molecule is CCOC(=O)CC1(O)CC2CC(F)(F)C(C1)N2. The van der Waals surface area contributed by atoms with Crippen molar-refractivity contribution in [2.45, 2.75) is 56.2 Å². The Morgan fingerprint density at radius 3 is 2.76 bits per heavy atom. The van der Waals surface area contributed by atoms with Crippen LogP contribution in [0.15, 0.2) is 0 Å². The molecular weight excluding hydrogens is 232 g/mol. The Balaban J connectivity index is 2.02. The van der Waals surface area contributed by atoms with Gasteiger partial charge in [0.25, 0.3) is 5.92 Å². The molecule has 2 saturated heterocycles. The first kappa shape index (κ1) is 12.7. The smallest absolute Gasteiger partial charge is 0.308 e. The minimum absolute atomic E-state index is 0.102. The van der Waals surface area contributed by atoms with E-state index in [-0.39, 0.29) is 32.3 Å². The second-order valence-corrected chi connectivity index (χ2v) is 5.00. The number of rotatable bonds is 3. The number of piperidine rings is 1. The van der Waals surface area contributed by atoms with Crippen LogP contribution in [0.4, 0.5) is 8.78 Å². The summed E-state index contributed by atoms with van der Waals surface area (Å²) in [5, 5.41) is 13.0. The monoisotopic (exact) mass is 249 g/mol. The van der Waals surface area contributed by atoms with Gasteiger partial charge in [-0.2, -0.15) is 0 Å². The molecule has 2 rings (SSSR count). The zero-order valence-corrected chi connectivity index (χ0v) is 9.71. The minimum atomic E-state index is -2.79. The van der Waals surface area contributed by atoms with E-state index in [2.05, 4.69) is 5.32 Å². The first-order valence-electron chi connectivity index (χ1n) is 5.86. The topological polar surface area (TPSA) is 58.6 Å². The summed E-state index contributed by atoms with van der Waals surface area (Å²) in [6, 6.07) is -1.44. The fourth-order valence-electron chi connectivity index (χ4n) is 2.82. The van der Waals surface area contributed by atoms with Gasteiger partial charge in [0.05, 0.1) is 24.7 Å². The van der Waals surface area contributed by atoms with Gasteiger partial charge in [-0.3, -0.25) is 4.79 Å². The maximum Gasteiger partial charge on any atom is 0.308 e. The van der Waals surface area contributed by atoms with Crippen molar-refractivity contribution >= 4 is 5.97 Å². The molecule has 2 N–H and O–H groups in total. The summed E-state index contributed by atoms with van der Waals surface area (Å²) in [5.74, 6) is -3.32. The molecule has 2 fully saturated rings. The molecule has 0 saturated carbocycles. The normalized spacial score (nSPS) is 39.1. The highest BCUT2D eigenvalue weighted by Crippen LogP contribution is 2.44. The van der Waals surface area contributed by atoms with Crippen LogP contribution < -0.4 is 5.32 Å². The van der Waals surface area contributed by atoms with E-state index in [1.54, 1.807) is 6.92 Å². The summed E-state index contributed by atoms with van der Waals surface area (Å²) in [6.07, 6.45) is -0.387. The highest BCUT2D eigenvalue weighted by molar-refractivity contribution is 5.70. The number of fused-ring (bicyclic) bond motifs is 2. The van der Waals surface area contributed by atoms with Gasteiger partial charge < -0.3 is 15.2 Å². The van der Waals surface area contributed by atoms with Crippen molar-refractivity contribution in [2.75, 3.05) is 6.61 Å². The minimum Gasteiger partial charge on any atom is -0.466 e. The molecule has 2 heterocycles. The van der Waals surface area contributed by atoms with E-state index in [9.17, 15) is 18.7 Å². The van der Waals surface area contributed by atoms with Gasteiger partial charge in [0, 0.05) is 12.5 Å². The lowest BCUT2D eigenvalue weighted by Crippen LogP contribution is -2.52. The number of carbonyl (C=O) groups is 1. The van der Waals surface area contributed by atoms with Crippen LogP contribution in [0.1, 0.15) is 32.6 Å². The van der Waals surface area contributed by atoms with E-state index in [0.717, 1.165) is 0 Å². The standard InChI is InChI=1S/C11H17F2NO3/c1-2-17-9(15)6-10(16)3-7-4-11(12,13)8(5-10)14-7/h7-8,14,16H,2-6H2,1H3. The lowest BCUT2D eigenvalue weighted by Gasteiger charge is -2.36. The molecule has 0 aromatic rings. The average Bonchev–Trinajstić information content (AvgIpc) is 2.34. The second kappa shape index (κ2) is 4.17. The van der Waals surface area contributed by atoms with E-state index in [1.165, 1.54) is 0 Å². The molecule has 0 aliphatic carbocycles.